The number of hydrogen-bond donors (Lipinski definition) is 4. The molecule has 0 bridgehead atoms. The summed E-state index contributed by atoms with van der Waals surface area (Å²) < 4.78 is 10.3. The molecular weight excluding hydrogens is 420 g/mol. The number of carbonyl (C=O) groups excluding carboxylic acids is 3. The maximum absolute atomic E-state index is 12.8. The molecule has 1 aromatic rings. The molecule has 0 aliphatic carbocycles. The molecule has 0 spiro atoms. The van der Waals surface area contributed by atoms with Gasteiger partial charge < -0.3 is 30.3 Å². The molecule has 0 fully saturated rings. The number of rotatable bonds is 8. The van der Waals surface area contributed by atoms with E-state index in [1.165, 1.54) is 12.1 Å². The van der Waals surface area contributed by atoms with Gasteiger partial charge in [0.2, 0.25) is 5.91 Å². The third-order valence-electron chi connectivity index (χ3n) is 3.76. The smallest absolute Gasteiger partial charge is 0.408 e. The minimum absolute atomic E-state index is 0.0487. The second-order valence-electron chi connectivity index (χ2n) is 9.26. The van der Waals surface area contributed by atoms with E-state index in [0.29, 0.717) is 5.56 Å². The lowest BCUT2D eigenvalue weighted by Crippen LogP contribution is -2.53. The minimum Gasteiger partial charge on any atom is -0.508 e. The number of carboxylic acid groups (broad SMARTS) is 1. The van der Waals surface area contributed by atoms with Gasteiger partial charge in [-0.05, 0) is 59.2 Å². The van der Waals surface area contributed by atoms with E-state index in [0.717, 1.165) is 0 Å². The normalized spacial score (nSPS) is 13.4. The topological polar surface area (TPSA) is 151 Å². The van der Waals surface area contributed by atoms with E-state index in [4.69, 9.17) is 9.47 Å². The molecule has 1 aromatic carbocycles. The van der Waals surface area contributed by atoms with Gasteiger partial charge in [0.25, 0.3) is 0 Å². The third-order valence-corrected chi connectivity index (χ3v) is 3.76. The van der Waals surface area contributed by atoms with Crippen molar-refractivity contribution in [2.75, 3.05) is 0 Å². The van der Waals surface area contributed by atoms with E-state index in [1.807, 2.05) is 0 Å². The molecule has 0 saturated carbocycles. The first kappa shape index (κ1) is 26.7. The fraction of sp³-hybridized carbons (Fsp3) is 0.545. The number of esters is 1. The molecule has 10 heteroatoms. The summed E-state index contributed by atoms with van der Waals surface area (Å²) in [6.07, 6.45) is -1.59. The molecule has 0 aliphatic heterocycles. The molecule has 0 saturated heterocycles. The first-order chi connectivity index (χ1) is 14.6. The molecule has 0 radical (unpaired) electrons. The van der Waals surface area contributed by atoms with Crippen molar-refractivity contribution in [2.45, 2.75) is 77.7 Å². The number of ether oxygens (including phenoxy) is 2. The Morgan fingerprint density at radius 2 is 1.53 bits per heavy atom. The van der Waals surface area contributed by atoms with Crippen molar-refractivity contribution in [3.63, 3.8) is 0 Å². The number of phenols is 1. The fourth-order valence-electron chi connectivity index (χ4n) is 2.60. The summed E-state index contributed by atoms with van der Waals surface area (Å²) in [5.74, 6) is -3.02. The summed E-state index contributed by atoms with van der Waals surface area (Å²) in [5.41, 5.74) is -1.19. The number of nitrogens with one attached hydrogen (secondary N) is 2. The van der Waals surface area contributed by atoms with Crippen molar-refractivity contribution in [3.05, 3.63) is 29.8 Å². The number of aromatic hydroxyl groups is 1. The Hall–Kier alpha value is -3.30. The average Bonchev–Trinajstić information content (AvgIpc) is 2.57. The van der Waals surface area contributed by atoms with Crippen LogP contribution in [-0.4, -0.2) is 57.4 Å². The molecule has 0 heterocycles. The molecule has 2 atom stereocenters. The molecule has 0 aliphatic rings. The zero-order valence-corrected chi connectivity index (χ0v) is 19.2. The van der Waals surface area contributed by atoms with Crippen molar-refractivity contribution in [1.82, 2.24) is 10.6 Å². The summed E-state index contributed by atoms with van der Waals surface area (Å²) in [7, 11) is 0. The molecule has 32 heavy (non-hydrogen) atoms. The second-order valence-corrected chi connectivity index (χ2v) is 9.26. The maximum Gasteiger partial charge on any atom is 0.408 e. The summed E-state index contributed by atoms with van der Waals surface area (Å²) in [5, 5.41) is 23.7. The van der Waals surface area contributed by atoms with Crippen LogP contribution in [0, 0.1) is 0 Å². The van der Waals surface area contributed by atoms with Crippen molar-refractivity contribution in [2.24, 2.45) is 0 Å². The molecule has 178 valence electrons. The predicted molar refractivity (Wildman–Crippen MR) is 115 cm³/mol. The standard InChI is InChI=1S/C22H32N2O8/c1-21(2,3)31-17(26)12-15(24-20(30)32-22(4,5)6)18(27)23-16(19(28)29)11-13-8-7-9-14(25)10-13/h7-10,15-16,25H,11-12H2,1-6H3,(H,23,27)(H,24,30)(H,28,29). The Bertz CT molecular complexity index is 809. The molecule has 10 nitrogen and oxygen atoms in total. The highest BCUT2D eigenvalue weighted by Crippen LogP contribution is 2.14. The Balaban J connectivity index is 3.00. The highest BCUT2D eigenvalue weighted by molar-refractivity contribution is 5.92. The number of carbonyl (C=O) groups is 4. The van der Waals surface area contributed by atoms with E-state index in [-0.39, 0.29) is 12.2 Å². The molecule has 4 N–H and O–H groups in total. The van der Waals surface area contributed by atoms with Crippen LogP contribution in [0.5, 0.6) is 5.75 Å². The average molecular weight is 453 g/mol. The lowest BCUT2D eigenvalue weighted by Gasteiger charge is -2.25. The second kappa shape index (κ2) is 10.8. The quantitative estimate of drug-likeness (QED) is 0.438. The summed E-state index contributed by atoms with van der Waals surface area (Å²) in [4.78, 5) is 48.9. The van der Waals surface area contributed by atoms with Gasteiger partial charge in [0.1, 0.15) is 29.0 Å². The highest BCUT2D eigenvalue weighted by atomic mass is 16.6. The Kier molecular flexibility index (Phi) is 9.05. The van der Waals surface area contributed by atoms with Gasteiger partial charge in [0, 0.05) is 6.42 Å². The largest absolute Gasteiger partial charge is 0.508 e. The number of aliphatic carboxylic acids is 1. The monoisotopic (exact) mass is 452 g/mol. The highest BCUT2D eigenvalue weighted by Gasteiger charge is 2.31. The number of carboxylic acids is 1. The zero-order chi connectivity index (χ0) is 24.7. The van der Waals surface area contributed by atoms with Gasteiger partial charge in [-0.2, -0.15) is 0 Å². The molecule has 0 aromatic heterocycles. The van der Waals surface area contributed by atoms with Crippen LogP contribution in [-0.2, 0) is 30.3 Å². The van der Waals surface area contributed by atoms with Crippen LogP contribution in [0.15, 0.2) is 24.3 Å². The van der Waals surface area contributed by atoms with Crippen molar-refractivity contribution >= 4 is 23.9 Å². The van der Waals surface area contributed by atoms with Crippen LogP contribution < -0.4 is 10.6 Å². The van der Waals surface area contributed by atoms with Gasteiger partial charge in [-0.3, -0.25) is 9.59 Å². The number of benzene rings is 1. The lowest BCUT2D eigenvalue weighted by molar-refractivity contribution is -0.156. The van der Waals surface area contributed by atoms with Crippen LogP contribution in [0.1, 0.15) is 53.5 Å². The minimum atomic E-state index is -1.43. The molecule has 1 rings (SSSR count). The molecule has 2 amide bonds. The van der Waals surface area contributed by atoms with Crippen LogP contribution >= 0.6 is 0 Å². The van der Waals surface area contributed by atoms with E-state index < -0.39 is 53.6 Å². The number of phenolic OH excluding ortho intramolecular Hbond substituents is 1. The molecular formula is C22H32N2O8. The molecule has 2 unspecified atom stereocenters. The van der Waals surface area contributed by atoms with Crippen LogP contribution in [0.3, 0.4) is 0 Å². The Morgan fingerprint density at radius 1 is 0.938 bits per heavy atom. The first-order valence-electron chi connectivity index (χ1n) is 10.1. The third kappa shape index (κ3) is 10.6. The Morgan fingerprint density at radius 3 is 2.03 bits per heavy atom. The summed E-state index contributed by atoms with van der Waals surface area (Å²) in [6.45, 7) is 9.84. The van der Waals surface area contributed by atoms with E-state index in [9.17, 15) is 29.4 Å². The van der Waals surface area contributed by atoms with Gasteiger partial charge in [0.05, 0.1) is 6.42 Å². The van der Waals surface area contributed by atoms with Crippen molar-refractivity contribution < 1.29 is 38.9 Å². The first-order valence-corrected chi connectivity index (χ1v) is 10.1. The number of hydrogen-bond acceptors (Lipinski definition) is 7. The van der Waals surface area contributed by atoms with Gasteiger partial charge in [-0.25, -0.2) is 9.59 Å². The fourth-order valence-corrected chi connectivity index (χ4v) is 2.60. The number of amides is 2. The van der Waals surface area contributed by atoms with Crippen LogP contribution in [0.25, 0.3) is 0 Å². The summed E-state index contributed by atoms with van der Waals surface area (Å²) >= 11 is 0. The van der Waals surface area contributed by atoms with Gasteiger partial charge in [-0.1, -0.05) is 12.1 Å². The van der Waals surface area contributed by atoms with E-state index in [1.54, 1.807) is 53.7 Å². The lowest BCUT2D eigenvalue weighted by atomic mass is 10.0. The van der Waals surface area contributed by atoms with Crippen LogP contribution in [0.4, 0.5) is 4.79 Å². The SMILES string of the molecule is CC(C)(C)OC(=O)CC(NC(=O)OC(C)(C)C)C(=O)NC(Cc1cccc(O)c1)C(=O)O. The van der Waals surface area contributed by atoms with Crippen molar-refractivity contribution in [3.8, 4) is 5.75 Å². The number of alkyl carbamates (subject to hydrolysis) is 1. The predicted octanol–water partition coefficient (Wildman–Crippen LogP) is 2.13. The van der Waals surface area contributed by atoms with Gasteiger partial charge >= 0.3 is 18.0 Å². The van der Waals surface area contributed by atoms with E-state index in [2.05, 4.69) is 10.6 Å². The zero-order valence-electron chi connectivity index (χ0n) is 19.2. The van der Waals surface area contributed by atoms with Gasteiger partial charge in [-0.15, -0.1) is 0 Å². The van der Waals surface area contributed by atoms with Crippen LogP contribution in [0.2, 0.25) is 0 Å². The Labute approximate surface area is 187 Å². The maximum atomic E-state index is 12.8. The summed E-state index contributed by atoms with van der Waals surface area (Å²) in [6, 6.07) is 3.15. The van der Waals surface area contributed by atoms with Crippen molar-refractivity contribution in [1.29, 1.82) is 0 Å². The van der Waals surface area contributed by atoms with Gasteiger partial charge in [0.15, 0.2) is 0 Å². The van der Waals surface area contributed by atoms with E-state index >= 15 is 0 Å².